The molecule has 3 heteroatoms. The van der Waals surface area contributed by atoms with Gasteiger partial charge in [0.2, 0.25) is 0 Å². The lowest BCUT2D eigenvalue weighted by Crippen LogP contribution is -2.23. The third-order valence-electron chi connectivity index (χ3n) is 3.23. The second-order valence-corrected chi connectivity index (χ2v) is 5.12. The summed E-state index contributed by atoms with van der Waals surface area (Å²) in [6.45, 7) is 2.14. The summed E-state index contributed by atoms with van der Waals surface area (Å²) < 4.78 is 13.3. The summed E-state index contributed by atoms with van der Waals surface area (Å²) in [5, 5.41) is 3.77. The van der Waals surface area contributed by atoms with Crippen molar-refractivity contribution in [1.82, 2.24) is 5.32 Å². The molecule has 0 spiro atoms. The SMILES string of the molecule is CNC(C)Cc1ccc(-c2cc(F)ccc2Cl)cc1. The quantitative estimate of drug-likeness (QED) is 0.879. The van der Waals surface area contributed by atoms with Gasteiger partial charge in [0, 0.05) is 16.6 Å². The lowest BCUT2D eigenvalue weighted by molar-refractivity contribution is 0.608. The number of nitrogens with one attached hydrogen (secondary N) is 1. The Bertz CT molecular complexity index is 551. The fraction of sp³-hybridized carbons (Fsp3) is 0.250. The van der Waals surface area contributed by atoms with E-state index < -0.39 is 0 Å². The molecule has 100 valence electrons. The van der Waals surface area contributed by atoms with Gasteiger partial charge in [-0.2, -0.15) is 0 Å². The Balaban J connectivity index is 2.25. The molecule has 1 unspecified atom stereocenters. The Morgan fingerprint density at radius 1 is 1.16 bits per heavy atom. The van der Waals surface area contributed by atoms with Gasteiger partial charge >= 0.3 is 0 Å². The van der Waals surface area contributed by atoms with Crippen molar-refractivity contribution in [3.8, 4) is 11.1 Å². The van der Waals surface area contributed by atoms with Crippen molar-refractivity contribution in [3.63, 3.8) is 0 Å². The number of halogens is 2. The fourth-order valence-corrected chi connectivity index (χ4v) is 2.22. The molecular weight excluding hydrogens is 261 g/mol. The van der Waals surface area contributed by atoms with Crippen LogP contribution in [0.3, 0.4) is 0 Å². The van der Waals surface area contributed by atoms with E-state index in [1.165, 1.54) is 17.7 Å². The zero-order chi connectivity index (χ0) is 13.8. The zero-order valence-corrected chi connectivity index (χ0v) is 11.8. The van der Waals surface area contributed by atoms with Gasteiger partial charge in [-0.15, -0.1) is 0 Å². The van der Waals surface area contributed by atoms with E-state index in [0.29, 0.717) is 11.1 Å². The Morgan fingerprint density at radius 2 is 1.84 bits per heavy atom. The van der Waals surface area contributed by atoms with Crippen LogP contribution in [-0.2, 0) is 6.42 Å². The molecule has 0 bridgehead atoms. The van der Waals surface area contributed by atoms with Gasteiger partial charge in [0.15, 0.2) is 0 Å². The molecular formula is C16H17ClFN. The molecule has 1 atom stereocenters. The highest BCUT2D eigenvalue weighted by molar-refractivity contribution is 6.33. The lowest BCUT2D eigenvalue weighted by atomic mass is 10.0. The van der Waals surface area contributed by atoms with Gasteiger partial charge in [0.1, 0.15) is 5.82 Å². The van der Waals surface area contributed by atoms with Crippen molar-refractivity contribution in [1.29, 1.82) is 0 Å². The molecule has 0 aromatic heterocycles. The second-order valence-electron chi connectivity index (χ2n) is 4.71. The molecule has 0 saturated heterocycles. The van der Waals surface area contributed by atoms with Gasteiger partial charge in [-0.1, -0.05) is 35.9 Å². The molecule has 0 heterocycles. The number of rotatable bonds is 4. The smallest absolute Gasteiger partial charge is 0.123 e. The first kappa shape index (κ1) is 14.0. The number of benzene rings is 2. The molecule has 1 nitrogen and oxygen atoms in total. The van der Waals surface area contributed by atoms with Crippen LogP contribution in [0.5, 0.6) is 0 Å². The van der Waals surface area contributed by atoms with Gasteiger partial charge in [0.25, 0.3) is 0 Å². The molecule has 0 aliphatic carbocycles. The summed E-state index contributed by atoms with van der Waals surface area (Å²) >= 11 is 6.10. The highest BCUT2D eigenvalue weighted by Crippen LogP contribution is 2.28. The average molecular weight is 278 g/mol. The summed E-state index contributed by atoms with van der Waals surface area (Å²) in [6, 6.07) is 12.9. The standard InChI is InChI=1S/C16H17ClFN/c1-11(19-2)9-12-3-5-13(6-4-12)15-10-14(18)7-8-16(15)17/h3-8,10-11,19H,9H2,1-2H3. The van der Waals surface area contributed by atoms with E-state index in [-0.39, 0.29) is 5.82 Å². The second kappa shape index (κ2) is 6.18. The minimum Gasteiger partial charge on any atom is -0.317 e. The van der Waals surface area contributed by atoms with Crippen LogP contribution in [0.1, 0.15) is 12.5 Å². The van der Waals surface area contributed by atoms with E-state index in [1.807, 2.05) is 19.2 Å². The molecule has 0 aliphatic heterocycles. The molecule has 0 aliphatic rings. The first-order chi connectivity index (χ1) is 9.10. The van der Waals surface area contributed by atoms with Gasteiger partial charge in [0.05, 0.1) is 0 Å². The van der Waals surface area contributed by atoms with Crippen LogP contribution in [0, 0.1) is 5.82 Å². The summed E-state index contributed by atoms with van der Waals surface area (Å²) in [4.78, 5) is 0. The Kier molecular flexibility index (Phi) is 4.56. The number of likely N-dealkylation sites (N-methyl/N-ethyl adjacent to an activating group) is 1. The van der Waals surface area contributed by atoms with Crippen molar-refractivity contribution in [2.45, 2.75) is 19.4 Å². The number of hydrogen-bond donors (Lipinski definition) is 1. The predicted molar refractivity (Wildman–Crippen MR) is 79.1 cm³/mol. The lowest BCUT2D eigenvalue weighted by Gasteiger charge is -2.11. The molecule has 1 N–H and O–H groups in total. The van der Waals surface area contributed by atoms with E-state index in [0.717, 1.165) is 17.5 Å². The number of hydrogen-bond acceptors (Lipinski definition) is 1. The molecule has 0 amide bonds. The predicted octanol–water partition coefficient (Wildman–Crippen LogP) is 4.30. The molecule has 19 heavy (non-hydrogen) atoms. The van der Waals surface area contributed by atoms with E-state index >= 15 is 0 Å². The molecule has 2 aromatic carbocycles. The summed E-state index contributed by atoms with van der Waals surface area (Å²) in [7, 11) is 1.95. The maximum atomic E-state index is 13.3. The summed E-state index contributed by atoms with van der Waals surface area (Å²) in [5.74, 6) is -0.271. The first-order valence-corrected chi connectivity index (χ1v) is 6.69. The molecule has 2 rings (SSSR count). The van der Waals surface area contributed by atoms with Crippen molar-refractivity contribution in [3.05, 3.63) is 58.9 Å². The van der Waals surface area contributed by atoms with Crippen molar-refractivity contribution in [2.24, 2.45) is 0 Å². The Labute approximate surface area is 118 Å². The fourth-order valence-electron chi connectivity index (χ4n) is 1.99. The first-order valence-electron chi connectivity index (χ1n) is 6.32. The van der Waals surface area contributed by atoms with Gasteiger partial charge < -0.3 is 5.32 Å². The Morgan fingerprint density at radius 3 is 2.47 bits per heavy atom. The Hall–Kier alpha value is -1.38. The molecule has 0 saturated carbocycles. The van der Waals surface area contributed by atoms with E-state index in [2.05, 4.69) is 24.4 Å². The van der Waals surface area contributed by atoms with E-state index in [1.54, 1.807) is 6.07 Å². The minimum atomic E-state index is -0.271. The van der Waals surface area contributed by atoms with Crippen molar-refractivity contribution in [2.75, 3.05) is 7.05 Å². The maximum absolute atomic E-state index is 13.3. The highest BCUT2D eigenvalue weighted by Gasteiger charge is 2.06. The average Bonchev–Trinajstić information content (AvgIpc) is 2.42. The minimum absolute atomic E-state index is 0.271. The highest BCUT2D eigenvalue weighted by atomic mass is 35.5. The van der Waals surface area contributed by atoms with Crippen LogP contribution < -0.4 is 5.32 Å². The summed E-state index contributed by atoms with van der Waals surface area (Å²) in [6.07, 6.45) is 0.966. The van der Waals surface area contributed by atoms with E-state index in [4.69, 9.17) is 11.6 Å². The van der Waals surface area contributed by atoms with E-state index in [9.17, 15) is 4.39 Å². The largest absolute Gasteiger partial charge is 0.317 e. The van der Waals surface area contributed by atoms with Gasteiger partial charge in [-0.25, -0.2) is 4.39 Å². The van der Waals surface area contributed by atoms with Crippen LogP contribution in [-0.4, -0.2) is 13.1 Å². The van der Waals surface area contributed by atoms with Crippen LogP contribution in [0.4, 0.5) is 4.39 Å². The van der Waals surface area contributed by atoms with Crippen LogP contribution in [0.25, 0.3) is 11.1 Å². The molecule has 0 radical (unpaired) electrons. The molecule has 0 fully saturated rings. The summed E-state index contributed by atoms with van der Waals surface area (Å²) in [5.41, 5.74) is 2.92. The maximum Gasteiger partial charge on any atom is 0.123 e. The van der Waals surface area contributed by atoms with Crippen LogP contribution in [0.15, 0.2) is 42.5 Å². The van der Waals surface area contributed by atoms with Crippen LogP contribution >= 0.6 is 11.6 Å². The topological polar surface area (TPSA) is 12.0 Å². The van der Waals surface area contributed by atoms with Gasteiger partial charge in [-0.3, -0.25) is 0 Å². The van der Waals surface area contributed by atoms with Crippen molar-refractivity contribution >= 4 is 11.6 Å². The third-order valence-corrected chi connectivity index (χ3v) is 3.56. The molecule has 2 aromatic rings. The van der Waals surface area contributed by atoms with Gasteiger partial charge in [-0.05, 0) is 49.7 Å². The van der Waals surface area contributed by atoms with Crippen molar-refractivity contribution < 1.29 is 4.39 Å². The monoisotopic (exact) mass is 277 g/mol. The third kappa shape index (κ3) is 3.55. The normalized spacial score (nSPS) is 12.4. The van der Waals surface area contributed by atoms with Crippen LogP contribution in [0.2, 0.25) is 5.02 Å². The zero-order valence-electron chi connectivity index (χ0n) is 11.1.